The molecule has 0 unspecified atom stereocenters. The van der Waals surface area contributed by atoms with E-state index in [0.717, 1.165) is 45.0 Å². The van der Waals surface area contributed by atoms with Crippen LogP contribution in [0.2, 0.25) is 0 Å². The number of aromatic amines is 1. The van der Waals surface area contributed by atoms with Gasteiger partial charge in [0.05, 0.1) is 5.69 Å². The van der Waals surface area contributed by atoms with E-state index in [1.165, 1.54) is 24.1 Å². The van der Waals surface area contributed by atoms with Gasteiger partial charge in [0.15, 0.2) is 0 Å². The topological polar surface area (TPSA) is 58.7 Å². The number of piperidine rings is 1. The molecule has 3 heterocycles. The molecule has 1 aromatic heterocycles. The molecule has 0 aliphatic carbocycles. The fourth-order valence-corrected chi connectivity index (χ4v) is 4.34. The molecule has 2 fully saturated rings. The predicted octanol–water partition coefficient (Wildman–Crippen LogP) is 2.34. The molecular weight excluding hydrogens is 352 g/mol. The van der Waals surface area contributed by atoms with Gasteiger partial charge in [-0.2, -0.15) is 5.10 Å². The Kier molecular flexibility index (Phi) is 5.52. The highest BCUT2D eigenvalue weighted by molar-refractivity contribution is 5.73. The lowest BCUT2D eigenvalue weighted by Crippen LogP contribution is -2.55. The highest BCUT2D eigenvalue weighted by Crippen LogP contribution is 2.27. The van der Waals surface area contributed by atoms with Crippen LogP contribution in [0.4, 0.5) is 10.5 Å². The van der Waals surface area contributed by atoms with E-state index in [1.807, 2.05) is 25.1 Å². The standard InChI is InChI=1S/C21H30N6O/c1-24(2)21(28)27-14-12-26(13-15-27)18-7-10-25(11-8-18)19-5-3-4-17(16-19)20-6-9-22-23-20/h3-6,9,16,18H,7-8,10-15H2,1-2H3,(H,22,23). The number of hydrogen-bond acceptors (Lipinski definition) is 4. The molecule has 2 aliphatic rings. The van der Waals surface area contributed by atoms with E-state index in [0.29, 0.717) is 6.04 Å². The predicted molar refractivity (Wildman–Crippen MR) is 111 cm³/mol. The molecule has 2 saturated heterocycles. The molecule has 1 aromatic carbocycles. The largest absolute Gasteiger partial charge is 0.371 e. The van der Waals surface area contributed by atoms with Crippen molar-refractivity contribution in [3.63, 3.8) is 0 Å². The number of benzene rings is 1. The van der Waals surface area contributed by atoms with Gasteiger partial charge in [0.25, 0.3) is 0 Å². The smallest absolute Gasteiger partial charge is 0.319 e. The first-order valence-electron chi connectivity index (χ1n) is 10.2. The third-order valence-corrected chi connectivity index (χ3v) is 5.97. The summed E-state index contributed by atoms with van der Waals surface area (Å²) in [6.07, 6.45) is 4.14. The Morgan fingerprint density at radius 2 is 1.82 bits per heavy atom. The Labute approximate surface area is 166 Å². The van der Waals surface area contributed by atoms with E-state index in [4.69, 9.17) is 0 Å². The molecule has 4 rings (SSSR count). The highest BCUT2D eigenvalue weighted by Gasteiger charge is 2.29. The Bertz CT molecular complexity index is 774. The zero-order valence-electron chi connectivity index (χ0n) is 16.8. The third kappa shape index (κ3) is 3.99. The van der Waals surface area contributed by atoms with Gasteiger partial charge in [0.1, 0.15) is 0 Å². The Morgan fingerprint density at radius 1 is 1.07 bits per heavy atom. The Balaban J connectivity index is 1.31. The van der Waals surface area contributed by atoms with Crippen molar-refractivity contribution in [2.75, 3.05) is 58.3 Å². The molecule has 0 saturated carbocycles. The normalized spacial score (nSPS) is 19.1. The third-order valence-electron chi connectivity index (χ3n) is 5.97. The molecule has 7 nitrogen and oxygen atoms in total. The van der Waals surface area contributed by atoms with E-state index in [2.05, 4.69) is 44.3 Å². The summed E-state index contributed by atoms with van der Waals surface area (Å²) in [4.78, 5) is 20.8. The van der Waals surface area contributed by atoms with E-state index < -0.39 is 0 Å². The van der Waals surface area contributed by atoms with Crippen molar-refractivity contribution in [3.05, 3.63) is 36.5 Å². The van der Waals surface area contributed by atoms with Gasteiger partial charge < -0.3 is 14.7 Å². The van der Waals surface area contributed by atoms with Crippen molar-refractivity contribution in [2.24, 2.45) is 0 Å². The van der Waals surface area contributed by atoms with Crippen LogP contribution in [0.25, 0.3) is 11.3 Å². The number of amides is 2. The Hall–Kier alpha value is -2.54. The van der Waals surface area contributed by atoms with Gasteiger partial charge in [-0.05, 0) is 31.0 Å². The summed E-state index contributed by atoms with van der Waals surface area (Å²) < 4.78 is 0. The number of carbonyl (C=O) groups is 1. The Morgan fingerprint density at radius 3 is 2.46 bits per heavy atom. The van der Waals surface area contributed by atoms with Crippen LogP contribution in [0.5, 0.6) is 0 Å². The number of urea groups is 1. The highest BCUT2D eigenvalue weighted by atomic mass is 16.2. The average molecular weight is 383 g/mol. The lowest BCUT2D eigenvalue weighted by molar-refractivity contribution is 0.0882. The summed E-state index contributed by atoms with van der Waals surface area (Å²) in [6.45, 7) is 5.80. The summed E-state index contributed by atoms with van der Waals surface area (Å²) in [6, 6.07) is 11.5. The summed E-state index contributed by atoms with van der Waals surface area (Å²) in [5, 5.41) is 7.10. The van der Waals surface area contributed by atoms with Gasteiger partial charge in [-0.25, -0.2) is 4.79 Å². The molecule has 2 aromatic rings. The van der Waals surface area contributed by atoms with Crippen LogP contribution in [-0.4, -0.2) is 90.3 Å². The second kappa shape index (κ2) is 8.22. The number of nitrogens with one attached hydrogen (secondary N) is 1. The maximum Gasteiger partial charge on any atom is 0.319 e. The van der Waals surface area contributed by atoms with E-state index in [9.17, 15) is 4.79 Å². The molecular formula is C21H30N6O. The summed E-state index contributed by atoms with van der Waals surface area (Å²) in [7, 11) is 3.65. The first-order valence-corrected chi connectivity index (χ1v) is 10.2. The number of aromatic nitrogens is 2. The lowest BCUT2D eigenvalue weighted by atomic mass is 10.0. The minimum atomic E-state index is 0.131. The fraction of sp³-hybridized carbons (Fsp3) is 0.524. The number of rotatable bonds is 3. The minimum absolute atomic E-state index is 0.131. The minimum Gasteiger partial charge on any atom is -0.371 e. The van der Waals surface area contributed by atoms with Crippen molar-refractivity contribution in [1.82, 2.24) is 24.9 Å². The summed E-state index contributed by atoms with van der Waals surface area (Å²) in [5.74, 6) is 0. The molecule has 1 N–H and O–H groups in total. The molecule has 0 radical (unpaired) electrons. The lowest BCUT2D eigenvalue weighted by Gasteiger charge is -2.43. The SMILES string of the molecule is CN(C)C(=O)N1CCN(C2CCN(c3cccc(-c4ccn[nH]4)c3)CC2)CC1. The van der Waals surface area contributed by atoms with Crippen LogP contribution >= 0.6 is 0 Å². The zero-order chi connectivity index (χ0) is 19.5. The van der Waals surface area contributed by atoms with Gasteiger partial charge >= 0.3 is 6.03 Å². The average Bonchev–Trinajstić information content (AvgIpc) is 3.28. The number of anilines is 1. The van der Waals surface area contributed by atoms with Crippen LogP contribution in [0.15, 0.2) is 36.5 Å². The molecule has 7 heteroatoms. The molecule has 150 valence electrons. The quantitative estimate of drug-likeness (QED) is 0.885. The number of H-pyrrole nitrogens is 1. The molecule has 0 atom stereocenters. The van der Waals surface area contributed by atoms with E-state index in [1.54, 1.807) is 11.1 Å². The maximum atomic E-state index is 12.1. The van der Waals surface area contributed by atoms with Crippen LogP contribution < -0.4 is 4.90 Å². The number of carbonyl (C=O) groups excluding carboxylic acids is 1. The van der Waals surface area contributed by atoms with Gasteiger partial charge in [0.2, 0.25) is 0 Å². The molecule has 2 aliphatic heterocycles. The first-order chi connectivity index (χ1) is 13.6. The van der Waals surface area contributed by atoms with Crippen LogP contribution in [0.3, 0.4) is 0 Å². The van der Waals surface area contributed by atoms with Crippen molar-refractivity contribution < 1.29 is 4.79 Å². The van der Waals surface area contributed by atoms with Gasteiger partial charge in [-0.3, -0.25) is 10.00 Å². The summed E-state index contributed by atoms with van der Waals surface area (Å²) in [5.41, 5.74) is 3.52. The second-order valence-electron chi connectivity index (χ2n) is 7.94. The fourth-order valence-electron chi connectivity index (χ4n) is 4.34. The molecule has 0 bridgehead atoms. The van der Waals surface area contributed by atoms with Crippen LogP contribution in [0, 0.1) is 0 Å². The van der Waals surface area contributed by atoms with Crippen molar-refractivity contribution in [3.8, 4) is 11.3 Å². The number of nitrogens with zero attached hydrogens (tertiary/aromatic N) is 5. The van der Waals surface area contributed by atoms with Gasteiger partial charge in [-0.15, -0.1) is 0 Å². The zero-order valence-corrected chi connectivity index (χ0v) is 16.8. The molecule has 28 heavy (non-hydrogen) atoms. The second-order valence-corrected chi connectivity index (χ2v) is 7.94. The summed E-state index contributed by atoms with van der Waals surface area (Å²) >= 11 is 0. The van der Waals surface area contributed by atoms with E-state index in [-0.39, 0.29) is 6.03 Å². The van der Waals surface area contributed by atoms with Crippen molar-refractivity contribution >= 4 is 11.7 Å². The van der Waals surface area contributed by atoms with Crippen molar-refractivity contribution in [2.45, 2.75) is 18.9 Å². The van der Waals surface area contributed by atoms with Crippen LogP contribution in [-0.2, 0) is 0 Å². The maximum absolute atomic E-state index is 12.1. The van der Waals surface area contributed by atoms with Gasteiger partial charge in [0, 0.05) is 76.9 Å². The first kappa shape index (κ1) is 18.8. The van der Waals surface area contributed by atoms with Crippen molar-refractivity contribution in [1.29, 1.82) is 0 Å². The number of hydrogen-bond donors (Lipinski definition) is 1. The van der Waals surface area contributed by atoms with E-state index >= 15 is 0 Å². The monoisotopic (exact) mass is 382 g/mol. The molecule has 0 spiro atoms. The number of piperazine rings is 1. The van der Waals surface area contributed by atoms with Crippen LogP contribution in [0.1, 0.15) is 12.8 Å². The van der Waals surface area contributed by atoms with Gasteiger partial charge in [-0.1, -0.05) is 12.1 Å². The molecule has 2 amide bonds.